The Morgan fingerprint density at radius 2 is 0.871 bits per heavy atom. The van der Waals surface area contributed by atoms with E-state index in [9.17, 15) is 19.4 Å². The number of phosphoric acid groups is 1. The lowest BCUT2D eigenvalue weighted by atomic mass is 10.0. The number of aliphatic hydroxyl groups excluding tert-OH is 1. The van der Waals surface area contributed by atoms with Crippen LogP contribution in [0.2, 0.25) is 0 Å². The van der Waals surface area contributed by atoms with Crippen LogP contribution in [0.4, 0.5) is 0 Å². The molecule has 0 saturated heterocycles. The molecule has 3 unspecified atom stereocenters. The minimum Gasteiger partial charge on any atom is -0.756 e. The molecule has 0 fully saturated rings. The van der Waals surface area contributed by atoms with Gasteiger partial charge < -0.3 is 28.8 Å². The Labute approximate surface area is 431 Å². The minimum absolute atomic E-state index is 0.0145. The molecule has 0 radical (unpaired) electrons. The topological polar surface area (TPSA) is 108 Å². The van der Waals surface area contributed by atoms with Crippen LogP contribution in [0.15, 0.2) is 122 Å². The maximum absolute atomic E-state index is 12.9. The largest absolute Gasteiger partial charge is 0.756 e. The number of rotatable bonds is 49. The molecule has 70 heavy (non-hydrogen) atoms. The Balaban J connectivity index is 4.35. The summed E-state index contributed by atoms with van der Waals surface area (Å²) in [7, 11) is 1.22. The average molecular weight is 993 g/mol. The summed E-state index contributed by atoms with van der Waals surface area (Å²) in [6, 6.07) is -0.914. The summed E-state index contributed by atoms with van der Waals surface area (Å²) in [5.74, 6) is -0.234. The molecule has 8 nitrogen and oxygen atoms in total. The lowest BCUT2D eigenvalue weighted by Crippen LogP contribution is -2.45. The standard InChI is InChI=1S/C61H105N2O6P/c1-6-8-10-12-14-16-18-20-22-24-25-26-27-28-29-30-31-32-33-34-35-36-37-39-41-43-45-47-49-51-53-55-61(65)62-59(58-69-70(66,67)68-57-56-63(3,4)5)60(64)54-52-50-48-46-44-42-40-38-23-21-19-17-15-13-11-9-7-2/h8,10,14,16,20,22,25-26,28-29,31-32,34-35,37,39,43,45,52,54,59-60,64H,6-7,9,11-13,15,17-19,21,23-24,27,30,33,36,38,40-42,44,46-51,53,55-58H2,1-5H3,(H-,62,65,66,67)/b10-8-,16-14-,22-20-,26-25-,29-28-,32-31-,35-34-,39-37-,45-43-,54-52+. The van der Waals surface area contributed by atoms with Crippen molar-refractivity contribution in [3.63, 3.8) is 0 Å². The van der Waals surface area contributed by atoms with Gasteiger partial charge in [-0.2, -0.15) is 0 Å². The van der Waals surface area contributed by atoms with Crippen molar-refractivity contribution >= 4 is 13.7 Å². The SMILES string of the molecule is CC/C=C\C/C=C\C/C=C\C/C=C\C/C=C\C/C=C\C/C=C\C/C=C\C/C=C\CCCCCC(=O)NC(COP(=O)([O-])OCC[N+](C)(C)C)C(O)/C=C/CCCCCCCCCCCCCCCCC. The number of nitrogens with zero attached hydrogens (tertiary/aromatic N) is 1. The predicted octanol–water partition coefficient (Wildman–Crippen LogP) is 16.3. The third kappa shape index (κ3) is 52.7. The van der Waals surface area contributed by atoms with Crippen LogP contribution < -0.4 is 10.2 Å². The lowest BCUT2D eigenvalue weighted by Gasteiger charge is -2.29. The van der Waals surface area contributed by atoms with Crippen molar-refractivity contribution in [3.05, 3.63) is 122 Å². The van der Waals surface area contributed by atoms with Gasteiger partial charge in [0.25, 0.3) is 7.82 Å². The molecular weight excluding hydrogens is 888 g/mol. The van der Waals surface area contributed by atoms with Gasteiger partial charge in [-0.3, -0.25) is 9.36 Å². The molecule has 0 aliphatic carbocycles. The molecule has 2 N–H and O–H groups in total. The van der Waals surface area contributed by atoms with E-state index in [2.05, 4.69) is 129 Å². The Bertz CT molecular complexity index is 1550. The van der Waals surface area contributed by atoms with E-state index in [-0.39, 0.29) is 12.5 Å². The predicted molar refractivity (Wildman–Crippen MR) is 302 cm³/mol. The molecule has 0 heterocycles. The molecule has 0 saturated carbocycles. The molecule has 0 aromatic heterocycles. The first kappa shape index (κ1) is 66.9. The number of hydrogen-bond donors (Lipinski definition) is 2. The molecule has 0 bridgehead atoms. The second kappa shape index (κ2) is 50.8. The molecule has 0 aromatic rings. The molecule has 0 aliphatic rings. The van der Waals surface area contributed by atoms with E-state index in [1.165, 1.54) is 83.5 Å². The number of unbranched alkanes of at least 4 members (excludes halogenated alkanes) is 18. The Hall–Kier alpha value is -3.10. The maximum atomic E-state index is 12.9. The molecular formula is C61H105N2O6P. The van der Waals surface area contributed by atoms with Crippen LogP contribution in [-0.2, 0) is 18.4 Å². The van der Waals surface area contributed by atoms with Gasteiger partial charge in [0.15, 0.2) is 0 Å². The highest BCUT2D eigenvalue weighted by Gasteiger charge is 2.23. The molecule has 0 aromatic carbocycles. The zero-order valence-electron chi connectivity index (χ0n) is 45.4. The van der Waals surface area contributed by atoms with Crippen LogP contribution in [0.3, 0.4) is 0 Å². The summed E-state index contributed by atoms with van der Waals surface area (Å²) in [5.41, 5.74) is 0. The Morgan fingerprint density at radius 3 is 1.27 bits per heavy atom. The molecule has 9 heteroatoms. The van der Waals surface area contributed by atoms with Crippen LogP contribution in [0.5, 0.6) is 0 Å². The second-order valence-corrected chi connectivity index (χ2v) is 21.0. The summed E-state index contributed by atoms with van der Waals surface area (Å²) in [6.45, 7) is 4.50. The molecule has 400 valence electrons. The summed E-state index contributed by atoms with van der Waals surface area (Å²) in [6.07, 6.45) is 75.5. The number of carbonyl (C=O) groups is 1. The molecule has 0 spiro atoms. The van der Waals surface area contributed by atoms with Crippen LogP contribution in [-0.4, -0.2) is 68.5 Å². The fourth-order valence-electron chi connectivity index (χ4n) is 7.32. The van der Waals surface area contributed by atoms with Crippen LogP contribution in [0.1, 0.15) is 206 Å². The molecule has 0 aliphatic heterocycles. The van der Waals surface area contributed by atoms with E-state index in [0.29, 0.717) is 23.9 Å². The second-order valence-electron chi connectivity index (χ2n) is 19.6. The number of likely N-dealkylation sites (N-methyl/N-ethyl adjacent to an activating group) is 1. The molecule has 1 amide bonds. The molecule has 0 rings (SSSR count). The number of allylic oxidation sites excluding steroid dienone is 19. The van der Waals surface area contributed by atoms with Crippen LogP contribution in [0.25, 0.3) is 0 Å². The van der Waals surface area contributed by atoms with Crippen molar-refractivity contribution in [1.82, 2.24) is 5.32 Å². The Morgan fingerprint density at radius 1 is 0.514 bits per heavy atom. The zero-order chi connectivity index (χ0) is 51.3. The number of carbonyl (C=O) groups excluding carboxylic acids is 1. The number of aliphatic hydroxyl groups is 1. The van der Waals surface area contributed by atoms with Gasteiger partial charge in [-0.1, -0.05) is 232 Å². The normalized spacial score (nSPS) is 14.9. The van der Waals surface area contributed by atoms with E-state index < -0.39 is 26.6 Å². The van der Waals surface area contributed by atoms with Gasteiger partial charge in [0, 0.05) is 6.42 Å². The number of hydrogen-bond acceptors (Lipinski definition) is 6. The Kier molecular flexibility index (Phi) is 48.6. The van der Waals surface area contributed by atoms with Gasteiger partial charge in [0.05, 0.1) is 39.9 Å². The monoisotopic (exact) mass is 993 g/mol. The highest BCUT2D eigenvalue weighted by molar-refractivity contribution is 7.45. The van der Waals surface area contributed by atoms with Gasteiger partial charge in [0.1, 0.15) is 13.2 Å². The van der Waals surface area contributed by atoms with Crippen LogP contribution >= 0.6 is 7.82 Å². The first-order valence-electron chi connectivity index (χ1n) is 27.9. The minimum atomic E-state index is -4.61. The van der Waals surface area contributed by atoms with Gasteiger partial charge in [0.2, 0.25) is 5.91 Å². The van der Waals surface area contributed by atoms with E-state index in [1.54, 1.807) is 6.08 Å². The smallest absolute Gasteiger partial charge is 0.268 e. The third-order valence-electron chi connectivity index (χ3n) is 11.7. The summed E-state index contributed by atoms with van der Waals surface area (Å²) >= 11 is 0. The summed E-state index contributed by atoms with van der Waals surface area (Å²) in [5, 5.41) is 13.8. The quantitative estimate of drug-likeness (QED) is 0.0272. The van der Waals surface area contributed by atoms with Gasteiger partial charge in [-0.15, -0.1) is 0 Å². The van der Waals surface area contributed by atoms with E-state index >= 15 is 0 Å². The fourth-order valence-corrected chi connectivity index (χ4v) is 8.04. The first-order valence-corrected chi connectivity index (χ1v) is 29.4. The number of quaternary nitrogens is 1. The zero-order valence-corrected chi connectivity index (χ0v) is 46.3. The third-order valence-corrected chi connectivity index (χ3v) is 12.6. The number of nitrogens with one attached hydrogen (secondary N) is 1. The van der Waals surface area contributed by atoms with Crippen molar-refractivity contribution in [2.24, 2.45) is 0 Å². The van der Waals surface area contributed by atoms with Crippen LogP contribution in [0, 0.1) is 0 Å². The fraction of sp³-hybridized carbons (Fsp3) is 0.656. The van der Waals surface area contributed by atoms with Gasteiger partial charge in [-0.05, 0) is 89.9 Å². The highest BCUT2D eigenvalue weighted by Crippen LogP contribution is 2.38. The van der Waals surface area contributed by atoms with Crippen molar-refractivity contribution in [1.29, 1.82) is 0 Å². The van der Waals surface area contributed by atoms with E-state index in [0.717, 1.165) is 96.3 Å². The van der Waals surface area contributed by atoms with Crippen molar-refractivity contribution in [3.8, 4) is 0 Å². The highest BCUT2D eigenvalue weighted by atomic mass is 31.2. The average Bonchev–Trinajstić information content (AvgIpc) is 3.32. The number of amides is 1. The van der Waals surface area contributed by atoms with Crippen molar-refractivity contribution in [2.75, 3.05) is 40.9 Å². The summed E-state index contributed by atoms with van der Waals surface area (Å²) in [4.78, 5) is 25.5. The van der Waals surface area contributed by atoms with Crippen molar-refractivity contribution < 1.29 is 32.9 Å². The van der Waals surface area contributed by atoms with E-state index in [1.807, 2.05) is 27.2 Å². The van der Waals surface area contributed by atoms with Crippen molar-refractivity contribution in [2.45, 2.75) is 219 Å². The van der Waals surface area contributed by atoms with E-state index in [4.69, 9.17) is 9.05 Å². The van der Waals surface area contributed by atoms with Gasteiger partial charge >= 0.3 is 0 Å². The number of phosphoric ester groups is 1. The maximum Gasteiger partial charge on any atom is 0.268 e. The lowest BCUT2D eigenvalue weighted by molar-refractivity contribution is -0.870. The molecule has 3 atom stereocenters. The van der Waals surface area contributed by atoms with Gasteiger partial charge in [-0.25, -0.2) is 0 Å². The summed E-state index contributed by atoms with van der Waals surface area (Å²) < 4.78 is 23.3. The first-order chi connectivity index (χ1) is 34.0.